The van der Waals surface area contributed by atoms with Crippen LogP contribution in [-0.4, -0.2) is 25.2 Å². The Balaban J connectivity index is 2.02. The van der Waals surface area contributed by atoms with Crippen LogP contribution in [0.15, 0.2) is 29.1 Å². The highest BCUT2D eigenvalue weighted by molar-refractivity contribution is 5.84. The maximum absolute atomic E-state index is 12.2. The molecule has 0 spiro atoms. The minimum atomic E-state index is 0.00361. The van der Waals surface area contributed by atoms with Crippen molar-refractivity contribution in [1.82, 2.24) is 10.3 Å². The number of H-pyrrole nitrogens is 1. The van der Waals surface area contributed by atoms with E-state index in [1.165, 1.54) is 0 Å². The number of hydrogen-bond acceptors (Lipinski definition) is 3. The fourth-order valence-electron chi connectivity index (χ4n) is 2.77. The van der Waals surface area contributed by atoms with Crippen LogP contribution in [0.1, 0.15) is 12.0 Å². The number of fused-ring (bicyclic) bond motifs is 1. The summed E-state index contributed by atoms with van der Waals surface area (Å²) in [4.78, 5) is 15.1. The van der Waals surface area contributed by atoms with Gasteiger partial charge in [0, 0.05) is 10.9 Å². The third kappa shape index (κ3) is 2.36. The smallest absolute Gasteiger partial charge is 0.251 e. The summed E-state index contributed by atoms with van der Waals surface area (Å²) >= 11 is 0. The number of aromatic nitrogens is 1. The van der Waals surface area contributed by atoms with Crippen molar-refractivity contribution in [3.8, 4) is 5.75 Å². The average molecular weight is 258 g/mol. The van der Waals surface area contributed by atoms with Crippen molar-refractivity contribution < 1.29 is 4.74 Å². The SMILES string of the molecule is COc1cccc2cc(CC3CCNC3)c(=O)[nH]c12. The lowest BCUT2D eigenvalue weighted by atomic mass is 9.98. The fraction of sp³-hybridized carbons (Fsp3) is 0.400. The van der Waals surface area contributed by atoms with E-state index < -0.39 is 0 Å². The molecule has 1 aliphatic rings. The molecule has 1 fully saturated rings. The number of benzene rings is 1. The fourth-order valence-corrected chi connectivity index (χ4v) is 2.77. The van der Waals surface area contributed by atoms with Crippen LogP contribution in [0, 0.1) is 5.92 Å². The molecular formula is C15H18N2O2. The zero-order chi connectivity index (χ0) is 13.2. The van der Waals surface area contributed by atoms with Crippen LogP contribution >= 0.6 is 0 Å². The Kier molecular flexibility index (Phi) is 3.25. The molecule has 1 atom stereocenters. The molecule has 100 valence electrons. The van der Waals surface area contributed by atoms with E-state index in [9.17, 15) is 4.79 Å². The largest absolute Gasteiger partial charge is 0.495 e. The predicted molar refractivity (Wildman–Crippen MR) is 75.8 cm³/mol. The topological polar surface area (TPSA) is 54.1 Å². The second-order valence-electron chi connectivity index (χ2n) is 5.11. The lowest BCUT2D eigenvalue weighted by Crippen LogP contribution is -2.18. The van der Waals surface area contributed by atoms with E-state index in [4.69, 9.17) is 4.74 Å². The van der Waals surface area contributed by atoms with E-state index in [-0.39, 0.29) is 5.56 Å². The van der Waals surface area contributed by atoms with Gasteiger partial charge in [-0.15, -0.1) is 0 Å². The van der Waals surface area contributed by atoms with Crippen LogP contribution in [0.25, 0.3) is 10.9 Å². The first kappa shape index (κ1) is 12.2. The number of hydrogen-bond donors (Lipinski definition) is 2. The molecule has 0 bridgehead atoms. The van der Waals surface area contributed by atoms with Gasteiger partial charge in [-0.1, -0.05) is 12.1 Å². The lowest BCUT2D eigenvalue weighted by Gasteiger charge is -2.10. The molecule has 2 N–H and O–H groups in total. The van der Waals surface area contributed by atoms with Crippen molar-refractivity contribution in [1.29, 1.82) is 0 Å². The number of rotatable bonds is 3. The third-order valence-corrected chi connectivity index (χ3v) is 3.81. The predicted octanol–water partition coefficient (Wildman–Crippen LogP) is 1.69. The first-order valence-electron chi connectivity index (χ1n) is 6.67. The Labute approximate surface area is 111 Å². The summed E-state index contributed by atoms with van der Waals surface area (Å²) in [5, 5.41) is 4.36. The van der Waals surface area contributed by atoms with Crippen LogP contribution in [0.2, 0.25) is 0 Å². The van der Waals surface area contributed by atoms with E-state index in [0.29, 0.717) is 11.7 Å². The highest BCUT2D eigenvalue weighted by Gasteiger charge is 2.17. The maximum atomic E-state index is 12.2. The standard InChI is InChI=1S/C15H18N2O2/c1-19-13-4-2-3-11-8-12(15(18)17-14(11)13)7-10-5-6-16-9-10/h2-4,8,10,16H,5-7,9H2,1H3,(H,17,18). The molecule has 4 nitrogen and oxygen atoms in total. The highest BCUT2D eigenvalue weighted by atomic mass is 16.5. The van der Waals surface area contributed by atoms with Crippen LogP contribution in [-0.2, 0) is 6.42 Å². The molecule has 4 heteroatoms. The van der Waals surface area contributed by atoms with E-state index in [0.717, 1.165) is 42.4 Å². The number of aromatic amines is 1. The van der Waals surface area contributed by atoms with Crippen molar-refractivity contribution in [2.24, 2.45) is 5.92 Å². The van der Waals surface area contributed by atoms with Gasteiger partial charge in [0.2, 0.25) is 0 Å². The first-order valence-corrected chi connectivity index (χ1v) is 6.67. The van der Waals surface area contributed by atoms with E-state index in [1.54, 1.807) is 7.11 Å². The molecule has 1 aliphatic heterocycles. The number of ether oxygens (including phenoxy) is 1. The zero-order valence-electron chi connectivity index (χ0n) is 11.0. The summed E-state index contributed by atoms with van der Waals surface area (Å²) < 4.78 is 5.28. The zero-order valence-corrected chi connectivity index (χ0v) is 11.0. The van der Waals surface area contributed by atoms with Crippen molar-refractivity contribution >= 4 is 10.9 Å². The van der Waals surface area contributed by atoms with E-state index in [1.807, 2.05) is 24.3 Å². The molecule has 0 aliphatic carbocycles. The lowest BCUT2D eigenvalue weighted by molar-refractivity contribution is 0.419. The minimum Gasteiger partial charge on any atom is -0.495 e. The van der Waals surface area contributed by atoms with E-state index >= 15 is 0 Å². The summed E-state index contributed by atoms with van der Waals surface area (Å²) in [6, 6.07) is 7.80. The van der Waals surface area contributed by atoms with Gasteiger partial charge in [-0.05, 0) is 44.0 Å². The van der Waals surface area contributed by atoms with Crippen LogP contribution in [0.3, 0.4) is 0 Å². The molecular weight excluding hydrogens is 240 g/mol. The normalized spacial score (nSPS) is 18.9. The molecule has 3 rings (SSSR count). The van der Waals surface area contributed by atoms with Gasteiger partial charge in [0.05, 0.1) is 12.6 Å². The van der Waals surface area contributed by atoms with Crippen molar-refractivity contribution in [3.63, 3.8) is 0 Å². The molecule has 1 aromatic heterocycles. The van der Waals surface area contributed by atoms with Crippen LogP contribution in [0.4, 0.5) is 0 Å². The Hall–Kier alpha value is -1.81. The molecule has 2 heterocycles. The number of nitrogens with one attached hydrogen (secondary N) is 2. The molecule has 0 amide bonds. The van der Waals surface area contributed by atoms with Gasteiger partial charge in [0.1, 0.15) is 5.75 Å². The molecule has 0 radical (unpaired) electrons. The third-order valence-electron chi connectivity index (χ3n) is 3.81. The molecule has 1 saturated heterocycles. The van der Waals surface area contributed by atoms with Gasteiger partial charge in [0.25, 0.3) is 5.56 Å². The maximum Gasteiger partial charge on any atom is 0.251 e. The monoisotopic (exact) mass is 258 g/mol. The minimum absolute atomic E-state index is 0.00361. The number of methoxy groups -OCH3 is 1. The Morgan fingerprint density at radius 1 is 1.42 bits per heavy atom. The number of para-hydroxylation sites is 1. The van der Waals surface area contributed by atoms with Crippen LogP contribution in [0.5, 0.6) is 5.75 Å². The van der Waals surface area contributed by atoms with Gasteiger partial charge >= 0.3 is 0 Å². The molecule has 1 aromatic carbocycles. The summed E-state index contributed by atoms with van der Waals surface area (Å²) in [6.07, 6.45) is 1.99. The summed E-state index contributed by atoms with van der Waals surface area (Å²) in [7, 11) is 1.62. The molecule has 19 heavy (non-hydrogen) atoms. The molecule has 1 unspecified atom stereocenters. The molecule has 2 aromatic rings. The number of pyridine rings is 1. The average Bonchev–Trinajstić information content (AvgIpc) is 2.92. The summed E-state index contributed by atoms with van der Waals surface area (Å²) in [5.74, 6) is 1.29. The van der Waals surface area contributed by atoms with Gasteiger partial charge in [-0.3, -0.25) is 4.79 Å². The Morgan fingerprint density at radius 2 is 2.32 bits per heavy atom. The van der Waals surface area contributed by atoms with E-state index in [2.05, 4.69) is 10.3 Å². The Morgan fingerprint density at radius 3 is 3.05 bits per heavy atom. The quantitative estimate of drug-likeness (QED) is 0.881. The second-order valence-corrected chi connectivity index (χ2v) is 5.11. The van der Waals surface area contributed by atoms with Crippen molar-refractivity contribution in [2.45, 2.75) is 12.8 Å². The Bertz CT molecular complexity index is 642. The highest BCUT2D eigenvalue weighted by Crippen LogP contribution is 2.23. The van der Waals surface area contributed by atoms with Gasteiger partial charge in [0.15, 0.2) is 0 Å². The van der Waals surface area contributed by atoms with Gasteiger partial charge in [-0.2, -0.15) is 0 Å². The van der Waals surface area contributed by atoms with Crippen LogP contribution < -0.4 is 15.6 Å². The van der Waals surface area contributed by atoms with Crippen molar-refractivity contribution in [3.05, 3.63) is 40.2 Å². The summed E-state index contributed by atoms with van der Waals surface area (Å²) in [6.45, 7) is 2.07. The van der Waals surface area contributed by atoms with Gasteiger partial charge in [-0.25, -0.2) is 0 Å². The van der Waals surface area contributed by atoms with Gasteiger partial charge < -0.3 is 15.0 Å². The second kappa shape index (κ2) is 5.05. The van der Waals surface area contributed by atoms with Crippen molar-refractivity contribution in [2.75, 3.05) is 20.2 Å². The molecule has 0 saturated carbocycles. The summed E-state index contributed by atoms with van der Waals surface area (Å²) in [5.41, 5.74) is 1.65. The first-order chi connectivity index (χ1) is 9.28.